The van der Waals surface area contributed by atoms with Crippen molar-refractivity contribution < 1.29 is 14.7 Å². The lowest BCUT2D eigenvalue weighted by Crippen LogP contribution is -2.57. The summed E-state index contributed by atoms with van der Waals surface area (Å²) >= 11 is 0. The molecule has 0 aromatic carbocycles. The number of carbonyl (C=O) groups is 2. The third-order valence-corrected chi connectivity index (χ3v) is 5.31. The molecule has 0 aromatic heterocycles. The van der Waals surface area contributed by atoms with E-state index < -0.39 is 11.5 Å². The van der Waals surface area contributed by atoms with Crippen LogP contribution < -0.4 is 0 Å². The molecular formula is C14H23NO3. The zero-order valence-electron chi connectivity index (χ0n) is 11.4. The van der Waals surface area contributed by atoms with Crippen LogP contribution in [0.5, 0.6) is 0 Å². The third kappa shape index (κ3) is 2.02. The van der Waals surface area contributed by atoms with Crippen molar-refractivity contribution in [2.24, 2.45) is 5.41 Å². The van der Waals surface area contributed by atoms with Gasteiger partial charge in [0.15, 0.2) is 0 Å². The van der Waals surface area contributed by atoms with E-state index in [1.54, 1.807) is 7.05 Å². The lowest BCUT2D eigenvalue weighted by atomic mass is 9.66. The molecule has 2 aliphatic rings. The van der Waals surface area contributed by atoms with E-state index in [0.717, 1.165) is 12.8 Å². The summed E-state index contributed by atoms with van der Waals surface area (Å²) < 4.78 is 0. The van der Waals surface area contributed by atoms with Gasteiger partial charge in [-0.05, 0) is 43.9 Å². The van der Waals surface area contributed by atoms with Crippen LogP contribution in [0.4, 0.5) is 0 Å². The van der Waals surface area contributed by atoms with Crippen LogP contribution >= 0.6 is 0 Å². The first-order valence-corrected chi connectivity index (χ1v) is 6.90. The predicted molar refractivity (Wildman–Crippen MR) is 68.2 cm³/mol. The molecular weight excluding hydrogens is 230 g/mol. The van der Waals surface area contributed by atoms with Crippen LogP contribution in [0.2, 0.25) is 0 Å². The molecule has 2 fully saturated rings. The summed E-state index contributed by atoms with van der Waals surface area (Å²) in [6.07, 6.45) is 8.18. The van der Waals surface area contributed by atoms with Crippen LogP contribution in [-0.4, -0.2) is 34.5 Å². The molecule has 4 nitrogen and oxygen atoms in total. The maximum Gasteiger partial charge on any atom is 0.329 e. The fourth-order valence-electron chi connectivity index (χ4n) is 3.81. The molecule has 0 atom stereocenters. The van der Waals surface area contributed by atoms with Crippen LogP contribution in [0.1, 0.15) is 58.3 Å². The van der Waals surface area contributed by atoms with Gasteiger partial charge in [-0.25, -0.2) is 4.79 Å². The van der Waals surface area contributed by atoms with Gasteiger partial charge >= 0.3 is 5.97 Å². The minimum Gasteiger partial charge on any atom is -0.479 e. The average molecular weight is 253 g/mol. The molecule has 0 unspecified atom stereocenters. The first-order valence-electron chi connectivity index (χ1n) is 6.90. The van der Waals surface area contributed by atoms with Crippen LogP contribution in [-0.2, 0) is 9.59 Å². The van der Waals surface area contributed by atoms with E-state index in [4.69, 9.17) is 0 Å². The fourth-order valence-corrected chi connectivity index (χ4v) is 3.81. The van der Waals surface area contributed by atoms with Crippen molar-refractivity contribution in [2.75, 3.05) is 7.05 Å². The van der Waals surface area contributed by atoms with Crippen LogP contribution in [0.15, 0.2) is 0 Å². The first kappa shape index (κ1) is 13.4. The fraction of sp³-hybridized carbons (Fsp3) is 0.857. The summed E-state index contributed by atoms with van der Waals surface area (Å²) in [5.74, 6) is -0.993. The van der Waals surface area contributed by atoms with Gasteiger partial charge in [0.1, 0.15) is 5.54 Å². The number of hydrogen-bond donors (Lipinski definition) is 1. The second-order valence-electron chi connectivity index (χ2n) is 6.12. The largest absolute Gasteiger partial charge is 0.479 e. The highest BCUT2D eigenvalue weighted by Gasteiger charge is 2.50. The highest BCUT2D eigenvalue weighted by Crippen LogP contribution is 2.52. The average Bonchev–Trinajstić information content (AvgIpc) is 2.78. The summed E-state index contributed by atoms with van der Waals surface area (Å²) in [7, 11) is 1.63. The first-order chi connectivity index (χ1) is 8.42. The number of aliphatic carboxylic acids is 1. The van der Waals surface area contributed by atoms with Gasteiger partial charge in [-0.1, -0.05) is 12.8 Å². The Balaban J connectivity index is 2.15. The number of carboxylic acids is 1. The van der Waals surface area contributed by atoms with E-state index in [-0.39, 0.29) is 5.91 Å². The molecule has 0 aliphatic heterocycles. The van der Waals surface area contributed by atoms with Crippen molar-refractivity contribution in [3.63, 3.8) is 0 Å². The highest BCUT2D eigenvalue weighted by atomic mass is 16.4. The van der Waals surface area contributed by atoms with Crippen molar-refractivity contribution in [3.05, 3.63) is 0 Å². The number of amides is 1. The van der Waals surface area contributed by atoms with Crippen LogP contribution in [0.3, 0.4) is 0 Å². The van der Waals surface area contributed by atoms with Crippen LogP contribution in [0.25, 0.3) is 0 Å². The standard InChI is InChI=1S/C14H23NO3/c1-11(16)15(2)14(12(17)18)9-7-13(8-10-14)5-3-4-6-13/h3-10H2,1-2H3,(H,17,18). The van der Waals surface area contributed by atoms with Gasteiger partial charge in [-0.15, -0.1) is 0 Å². The molecule has 0 radical (unpaired) electrons. The monoisotopic (exact) mass is 253 g/mol. The Hall–Kier alpha value is -1.06. The van der Waals surface area contributed by atoms with E-state index in [2.05, 4.69) is 0 Å². The van der Waals surface area contributed by atoms with Gasteiger partial charge in [-0.3, -0.25) is 4.79 Å². The smallest absolute Gasteiger partial charge is 0.329 e. The zero-order valence-corrected chi connectivity index (χ0v) is 11.4. The molecule has 2 aliphatic carbocycles. The van der Waals surface area contributed by atoms with Gasteiger partial charge in [0.25, 0.3) is 0 Å². The molecule has 0 bridgehead atoms. The Kier molecular flexibility index (Phi) is 3.39. The van der Waals surface area contributed by atoms with Crippen molar-refractivity contribution in [1.29, 1.82) is 0 Å². The summed E-state index contributed by atoms with van der Waals surface area (Å²) in [6.45, 7) is 1.45. The van der Waals surface area contributed by atoms with Crippen molar-refractivity contribution in [3.8, 4) is 0 Å². The summed E-state index contributed by atoms with van der Waals surface area (Å²) in [5.41, 5.74) is -0.573. The molecule has 1 spiro atoms. The minimum atomic E-state index is -0.959. The lowest BCUT2D eigenvalue weighted by molar-refractivity contribution is -0.161. The van der Waals surface area contributed by atoms with E-state index in [1.165, 1.54) is 37.5 Å². The second kappa shape index (κ2) is 4.56. The maximum absolute atomic E-state index is 11.6. The Morgan fingerprint density at radius 1 is 1.00 bits per heavy atom. The third-order valence-electron chi connectivity index (χ3n) is 5.31. The number of rotatable bonds is 2. The Morgan fingerprint density at radius 2 is 1.50 bits per heavy atom. The Bertz CT molecular complexity index is 348. The van der Waals surface area contributed by atoms with Gasteiger partial charge in [-0.2, -0.15) is 0 Å². The van der Waals surface area contributed by atoms with Crippen molar-refractivity contribution >= 4 is 11.9 Å². The number of carbonyl (C=O) groups excluding carboxylic acids is 1. The molecule has 0 aromatic rings. The van der Waals surface area contributed by atoms with E-state index in [9.17, 15) is 14.7 Å². The maximum atomic E-state index is 11.6. The SMILES string of the molecule is CC(=O)N(C)C1(C(=O)O)CCC2(CCCC2)CC1. The second-order valence-corrected chi connectivity index (χ2v) is 6.12. The number of carboxylic acid groups (broad SMARTS) is 1. The van der Waals surface area contributed by atoms with Crippen LogP contribution in [0, 0.1) is 5.41 Å². The number of hydrogen-bond acceptors (Lipinski definition) is 2. The highest BCUT2D eigenvalue weighted by molar-refractivity contribution is 5.86. The predicted octanol–water partition coefficient (Wildman–Crippen LogP) is 2.42. The van der Waals surface area contributed by atoms with Crippen molar-refractivity contribution in [1.82, 2.24) is 4.90 Å². The van der Waals surface area contributed by atoms with Gasteiger partial charge in [0, 0.05) is 14.0 Å². The molecule has 18 heavy (non-hydrogen) atoms. The molecule has 0 heterocycles. The van der Waals surface area contributed by atoms with Gasteiger partial charge in [0.05, 0.1) is 0 Å². The minimum absolute atomic E-state index is 0.153. The summed E-state index contributed by atoms with van der Waals surface area (Å²) in [4.78, 5) is 24.6. The molecule has 1 amide bonds. The number of nitrogens with zero attached hydrogens (tertiary/aromatic N) is 1. The normalized spacial score (nSPS) is 25.0. The van der Waals surface area contributed by atoms with E-state index >= 15 is 0 Å². The van der Waals surface area contributed by atoms with Gasteiger partial charge < -0.3 is 10.0 Å². The summed E-state index contributed by atoms with van der Waals surface area (Å²) in [5, 5.41) is 9.55. The Morgan fingerprint density at radius 3 is 1.89 bits per heavy atom. The quantitative estimate of drug-likeness (QED) is 0.822. The number of likely N-dealkylation sites (N-methyl/N-ethyl adjacent to an activating group) is 1. The summed E-state index contributed by atoms with van der Waals surface area (Å²) in [6, 6.07) is 0. The van der Waals surface area contributed by atoms with Gasteiger partial charge in [0.2, 0.25) is 5.91 Å². The molecule has 1 N–H and O–H groups in total. The molecule has 102 valence electrons. The molecule has 2 saturated carbocycles. The lowest BCUT2D eigenvalue weighted by Gasteiger charge is -2.46. The van der Waals surface area contributed by atoms with Crippen molar-refractivity contribution in [2.45, 2.75) is 63.8 Å². The molecule has 0 saturated heterocycles. The topological polar surface area (TPSA) is 57.6 Å². The zero-order chi connectivity index (χ0) is 13.4. The van der Waals surface area contributed by atoms with E-state index in [1.807, 2.05) is 0 Å². The Labute approximate surface area is 108 Å². The molecule has 4 heteroatoms. The molecule has 2 rings (SSSR count). The van der Waals surface area contributed by atoms with E-state index in [0.29, 0.717) is 18.3 Å².